The predicted molar refractivity (Wildman–Crippen MR) is 90.0 cm³/mol. The van der Waals surface area contributed by atoms with Gasteiger partial charge >= 0.3 is 0 Å². The molecule has 1 saturated heterocycles. The minimum Gasteiger partial charge on any atom is -0.506 e. The first-order chi connectivity index (χ1) is 11.0. The van der Waals surface area contributed by atoms with Crippen molar-refractivity contribution in [2.45, 2.75) is 6.92 Å². The summed E-state index contributed by atoms with van der Waals surface area (Å²) in [6.07, 6.45) is 1.48. The number of phenolic OH excluding ortho intramolecular Hbond substituents is 1. The minimum atomic E-state index is -0.394. The van der Waals surface area contributed by atoms with Crippen molar-refractivity contribution >= 4 is 34.6 Å². The fourth-order valence-corrected chi connectivity index (χ4v) is 2.88. The molecule has 0 aliphatic carbocycles. The number of aromatic hydroxyl groups is 1. The van der Waals surface area contributed by atoms with Crippen molar-refractivity contribution in [2.75, 3.05) is 0 Å². The van der Waals surface area contributed by atoms with E-state index in [4.69, 9.17) is 0 Å². The van der Waals surface area contributed by atoms with Crippen molar-refractivity contribution in [1.82, 2.24) is 5.32 Å². The maximum absolute atomic E-state index is 13.7. The number of aliphatic imine (C=N–C) groups is 1. The van der Waals surface area contributed by atoms with Crippen LogP contribution in [0.15, 0.2) is 52.4 Å². The zero-order chi connectivity index (χ0) is 16.4. The Morgan fingerprint density at radius 1 is 1.26 bits per heavy atom. The fraction of sp³-hybridized carbons (Fsp3) is 0.0588. The van der Waals surface area contributed by atoms with E-state index in [2.05, 4.69) is 10.3 Å². The molecule has 1 fully saturated rings. The Bertz CT molecular complexity index is 846. The van der Waals surface area contributed by atoms with Crippen LogP contribution < -0.4 is 5.32 Å². The molecular weight excluding hydrogens is 315 g/mol. The van der Waals surface area contributed by atoms with Gasteiger partial charge < -0.3 is 10.4 Å². The van der Waals surface area contributed by atoms with E-state index in [0.717, 1.165) is 17.3 Å². The van der Waals surface area contributed by atoms with E-state index in [0.29, 0.717) is 21.3 Å². The lowest BCUT2D eigenvalue weighted by Crippen LogP contribution is -2.19. The minimum absolute atomic E-state index is 0.0406. The van der Waals surface area contributed by atoms with Crippen LogP contribution in [0.25, 0.3) is 6.08 Å². The average molecular weight is 328 g/mol. The standard InChI is InChI=1S/C17H13FN2O2S/c1-10-6-7-13(14(21)8-10)19-17-20-16(22)15(23-17)9-11-4-2-3-5-12(11)18/h2-9,21H,1H3,(H,19,20,22)/b15-9-. The van der Waals surface area contributed by atoms with Gasteiger partial charge in [-0.25, -0.2) is 9.38 Å². The predicted octanol–water partition coefficient (Wildman–Crippen LogP) is 3.73. The molecule has 23 heavy (non-hydrogen) atoms. The van der Waals surface area contributed by atoms with Gasteiger partial charge in [0.2, 0.25) is 0 Å². The Labute approximate surface area is 136 Å². The highest BCUT2D eigenvalue weighted by molar-refractivity contribution is 8.18. The Hall–Kier alpha value is -2.60. The van der Waals surface area contributed by atoms with Crippen molar-refractivity contribution in [2.24, 2.45) is 4.99 Å². The van der Waals surface area contributed by atoms with Crippen molar-refractivity contribution in [3.8, 4) is 5.75 Å². The molecule has 0 atom stereocenters. The maximum atomic E-state index is 13.7. The fourth-order valence-electron chi connectivity index (χ4n) is 2.05. The van der Waals surface area contributed by atoms with Crippen LogP contribution in [0, 0.1) is 12.7 Å². The van der Waals surface area contributed by atoms with Gasteiger partial charge in [0.25, 0.3) is 5.91 Å². The highest BCUT2D eigenvalue weighted by Gasteiger charge is 2.24. The van der Waals surface area contributed by atoms with Gasteiger partial charge in [-0.3, -0.25) is 4.79 Å². The normalized spacial score (nSPS) is 17.7. The molecule has 0 saturated carbocycles. The van der Waals surface area contributed by atoms with Crippen LogP contribution in [-0.2, 0) is 4.79 Å². The molecule has 0 spiro atoms. The van der Waals surface area contributed by atoms with Gasteiger partial charge in [-0.1, -0.05) is 24.3 Å². The second-order valence-electron chi connectivity index (χ2n) is 5.00. The molecule has 1 heterocycles. The average Bonchev–Trinajstić information content (AvgIpc) is 2.84. The van der Waals surface area contributed by atoms with Gasteiger partial charge in [-0.15, -0.1) is 0 Å². The number of carbonyl (C=O) groups is 1. The van der Waals surface area contributed by atoms with Crippen molar-refractivity contribution in [1.29, 1.82) is 0 Å². The van der Waals surface area contributed by atoms with Crippen molar-refractivity contribution in [3.05, 3.63) is 64.3 Å². The molecule has 2 aromatic carbocycles. The van der Waals surface area contributed by atoms with Gasteiger partial charge in [-0.2, -0.15) is 0 Å². The topological polar surface area (TPSA) is 61.7 Å². The summed E-state index contributed by atoms with van der Waals surface area (Å²) in [4.78, 5) is 16.5. The Balaban J connectivity index is 1.88. The maximum Gasteiger partial charge on any atom is 0.264 e. The summed E-state index contributed by atoms with van der Waals surface area (Å²) in [6.45, 7) is 1.86. The van der Waals surface area contributed by atoms with E-state index >= 15 is 0 Å². The SMILES string of the molecule is Cc1ccc(N=C2NC(=O)/C(=C/c3ccccc3F)S2)c(O)c1. The largest absolute Gasteiger partial charge is 0.506 e. The molecule has 2 N–H and O–H groups in total. The number of phenols is 1. The second kappa shape index (κ2) is 6.26. The molecule has 3 rings (SSSR count). The van der Waals surface area contributed by atoms with Crippen LogP contribution in [0.4, 0.5) is 10.1 Å². The number of amides is 1. The summed E-state index contributed by atoms with van der Waals surface area (Å²) < 4.78 is 13.7. The van der Waals surface area contributed by atoms with Crippen LogP contribution >= 0.6 is 11.8 Å². The first-order valence-electron chi connectivity index (χ1n) is 6.86. The zero-order valence-corrected chi connectivity index (χ0v) is 13.0. The number of amidine groups is 1. The number of halogens is 1. The van der Waals surface area contributed by atoms with E-state index in [1.54, 1.807) is 30.3 Å². The van der Waals surface area contributed by atoms with E-state index < -0.39 is 5.82 Å². The van der Waals surface area contributed by atoms with Gasteiger partial charge in [0.05, 0.1) is 4.91 Å². The van der Waals surface area contributed by atoms with Gasteiger partial charge in [0.15, 0.2) is 5.17 Å². The number of nitrogens with one attached hydrogen (secondary N) is 1. The number of thioether (sulfide) groups is 1. The molecule has 1 aliphatic heterocycles. The molecule has 0 radical (unpaired) electrons. The Kier molecular flexibility index (Phi) is 4.16. The third-order valence-electron chi connectivity index (χ3n) is 3.20. The first kappa shape index (κ1) is 15.3. The number of nitrogens with zero attached hydrogens (tertiary/aromatic N) is 1. The Morgan fingerprint density at radius 3 is 2.78 bits per heavy atom. The second-order valence-corrected chi connectivity index (χ2v) is 6.03. The molecule has 1 aliphatic rings. The van der Waals surface area contributed by atoms with Gasteiger partial charge in [-0.05, 0) is 48.5 Å². The first-order valence-corrected chi connectivity index (χ1v) is 7.68. The quantitative estimate of drug-likeness (QED) is 0.826. The lowest BCUT2D eigenvalue weighted by Gasteiger charge is -2.01. The van der Waals surface area contributed by atoms with E-state index in [-0.39, 0.29) is 11.7 Å². The van der Waals surface area contributed by atoms with E-state index in [9.17, 15) is 14.3 Å². The molecule has 4 nitrogen and oxygen atoms in total. The number of hydrogen-bond donors (Lipinski definition) is 2. The monoisotopic (exact) mass is 328 g/mol. The molecule has 0 bridgehead atoms. The summed E-state index contributed by atoms with van der Waals surface area (Å²) in [6, 6.07) is 11.3. The van der Waals surface area contributed by atoms with Gasteiger partial charge in [0, 0.05) is 5.56 Å². The molecule has 116 valence electrons. The van der Waals surface area contributed by atoms with E-state index in [1.165, 1.54) is 12.1 Å². The summed E-state index contributed by atoms with van der Waals surface area (Å²) in [5.41, 5.74) is 1.62. The van der Waals surface area contributed by atoms with Crippen molar-refractivity contribution < 1.29 is 14.3 Å². The van der Waals surface area contributed by atoms with Crippen LogP contribution in [0.2, 0.25) is 0 Å². The number of benzene rings is 2. The molecule has 0 unspecified atom stereocenters. The highest BCUT2D eigenvalue weighted by atomic mass is 32.2. The summed E-state index contributed by atoms with van der Waals surface area (Å²) >= 11 is 1.10. The zero-order valence-electron chi connectivity index (χ0n) is 12.2. The number of rotatable bonds is 2. The molecule has 1 amide bonds. The number of carbonyl (C=O) groups excluding carboxylic acids is 1. The van der Waals surface area contributed by atoms with Crippen LogP contribution in [0.1, 0.15) is 11.1 Å². The molecule has 2 aromatic rings. The van der Waals surface area contributed by atoms with Crippen LogP contribution in [0.5, 0.6) is 5.75 Å². The molecule has 6 heteroatoms. The molecular formula is C17H13FN2O2S. The number of aryl methyl sites for hydroxylation is 1. The Morgan fingerprint density at radius 2 is 2.04 bits per heavy atom. The van der Waals surface area contributed by atoms with Crippen molar-refractivity contribution in [3.63, 3.8) is 0 Å². The highest BCUT2D eigenvalue weighted by Crippen LogP contribution is 2.32. The third kappa shape index (κ3) is 3.43. The van der Waals surface area contributed by atoms with E-state index in [1.807, 2.05) is 13.0 Å². The number of hydrogen-bond acceptors (Lipinski definition) is 4. The third-order valence-corrected chi connectivity index (χ3v) is 4.11. The van der Waals surface area contributed by atoms with Crippen LogP contribution in [0.3, 0.4) is 0 Å². The smallest absolute Gasteiger partial charge is 0.264 e. The lowest BCUT2D eigenvalue weighted by molar-refractivity contribution is -0.115. The summed E-state index contributed by atoms with van der Waals surface area (Å²) in [5, 5.41) is 12.8. The van der Waals surface area contributed by atoms with Crippen LogP contribution in [-0.4, -0.2) is 16.2 Å². The van der Waals surface area contributed by atoms with Gasteiger partial charge in [0.1, 0.15) is 17.3 Å². The lowest BCUT2D eigenvalue weighted by atomic mass is 10.2. The summed E-state index contributed by atoms with van der Waals surface area (Å²) in [7, 11) is 0. The molecule has 0 aromatic heterocycles. The summed E-state index contributed by atoms with van der Waals surface area (Å²) in [5.74, 6) is -0.697.